The second-order valence-corrected chi connectivity index (χ2v) is 5.31. The maximum atomic E-state index is 13.4. The lowest BCUT2D eigenvalue weighted by molar-refractivity contribution is 0.0755. The number of aromatic amines is 1. The summed E-state index contributed by atoms with van der Waals surface area (Å²) < 4.78 is 24.5. The average molecular weight is 314 g/mol. The van der Waals surface area contributed by atoms with Crippen LogP contribution >= 0.6 is 0 Å². The van der Waals surface area contributed by atoms with E-state index in [9.17, 15) is 4.39 Å². The number of halogens is 1. The molecule has 0 spiro atoms. The number of hydrogen-bond acceptors (Lipinski definition) is 3. The van der Waals surface area contributed by atoms with E-state index in [4.69, 9.17) is 9.47 Å². The molecule has 120 valence electrons. The van der Waals surface area contributed by atoms with E-state index in [1.807, 2.05) is 24.3 Å². The van der Waals surface area contributed by atoms with Gasteiger partial charge in [0.15, 0.2) is 0 Å². The summed E-state index contributed by atoms with van der Waals surface area (Å²) in [6.45, 7) is 2.67. The van der Waals surface area contributed by atoms with Gasteiger partial charge in [-0.25, -0.2) is 9.37 Å². The molecule has 0 aliphatic heterocycles. The van der Waals surface area contributed by atoms with Gasteiger partial charge in [0.05, 0.1) is 18.1 Å². The summed E-state index contributed by atoms with van der Waals surface area (Å²) in [5.41, 5.74) is 2.36. The minimum atomic E-state index is -0.323. The summed E-state index contributed by atoms with van der Waals surface area (Å²) in [7, 11) is 1.63. The lowest BCUT2D eigenvalue weighted by Gasteiger charge is -2.16. The SMILES string of the molecule is CCCOC(c1ccc(OC)cc1)c1nc2cc(F)ccc2[nH]1. The molecule has 5 heteroatoms. The summed E-state index contributed by atoms with van der Waals surface area (Å²) in [5.74, 6) is 1.16. The van der Waals surface area contributed by atoms with Crippen LogP contribution in [0.2, 0.25) is 0 Å². The predicted octanol–water partition coefficient (Wildman–Crippen LogP) is 4.23. The van der Waals surface area contributed by atoms with E-state index in [2.05, 4.69) is 16.9 Å². The quantitative estimate of drug-likeness (QED) is 0.741. The van der Waals surface area contributed by atoms with Crippen LogP contribution in [0.3, 0.4) is 0 Å². The number of rotatable bonds is 6. The van der Waals surface area contributed by atoms with Gasteiger partial charge in [-0.1, -0.05) is 19.1 Å². The molecule has 1 N–H and O–H groups in total. The third-order valence-electron chi connectivity index (χ3n) is 3.62. The minimum absolute atomic E-state index is 0.300. The molecule has 1 heterocycles. The summed E-state index contributed by atoms with van der Waals surface area (Å²) >= 11 is 0. The maximum absolute atomic E-state index is 13.4. The predicted molar refractivity (Wildman–Crippen MR) is 87.1 cm³/mol. The number of imidazole rings is 1. The molecule has 3 rings (SSSR count). The van der Waals surface area contributed by atoms with E-state index in [1.165, 1.54) is 12.1 Å². The minimum Gasteiger partial charge on any atom is -0.497 e. The molecule has 3 aromatic rings. The molecule has 0 aliphatic carbocycles. The van der Waals surface area contributed by atoms with E-state index in [-0.39, 0.29) is 11.9 Å². The molecule has 0 saturated carbocycles. The highest BCUT2D eigenvalue weighted by atomic mass is 19.1. The van der Waals surface area contributed by atoms with E-state index < -0.39 is 0 Å². The summed E-state index contributed by atoms with van der Waals surface area (Å²) in [4.78, 5) is 7.72. The Labute approximate surface area is 134 Å². The monoisotopic (exact) mass is 314 g/mol. The van der Waals surface area contributed by atoms with Crippen molar-refractivity contribution in [3.63, 3.8) is 0 Å². The zero-order chi connectivity index (χ0) is 16.2. The topological polar surface area (TPSA) is 47.1 Å². The molecular formula is C18H19FN2O2. The fourth-order valence-corrected chi connectivity index (χ4v) is 2.47. The van der Waals surface area contributed by atoms with Crippen molar-refractivity contribution in [2.75, 3.05) is 13.7 Å². The van der Waals surface area contributed by atoms with Gasteiger partial charge in [-0.15, -0.1) is 0 Å². The Bertz CT molecular complexity index is 783. The van der Waals surface area contributed by atoms with Gasteiger partial charge >= 0.3 is 0 Å². The molecule has 4 nitrogen and oxygen atoms in total. The highest BCUT2D eigenvalue weighted by Gasteiger charge is 2.19. The van der Waals surface area contributed by atoms with E-state index in [1.54, 1.807) is 13.2 Å². The van der Waals surface area contributed by atoms with Crippen molar-refractivity contribution in [1.29, 1.82) is 0 Å². The first-order valence-corrected chi connectivity index (χ1v) is 7.62. The van der Waals surface area contributed by atoms with E-state index in [0.717, 1.165) is 23.3 Å². The van der Waals surface area contributed by atoms with Gasteiger partial charge in [0.2, 0.25) is 0 Å². The second-order valence-electron chi connectivity index (χ2n) is 5.31. The molecule has 0 radical (unpaired) electrons. The van der Waals surface area contributed by atoms with Crippen LogP contribution in [0.15, 0.2) is 42.5 Å². The lowest BCUT2D eigenvalue weighted by Crippen LogP contribution is -2.09. The van der Waals surface area contributed by atoms with Gasteiger partial charge in [0.25, 0.3) is 0 Å². The third-order valence-corrected chi connectivity index (χ3v) is 3.62. The second kappa shape index (κ2) is 6.79. The molecular weight excluding hydrogens is 295 g/mol. The molecule has 1 aromatic heterocycles. The molecule has 2 aromatic carbocycles. The lowest BCUT2D eigenvalue weighted by atomic mass is 10.1. The van der Waals surface area contributed by atoms with Crippen molar-refractivity contribution in [2.24, 2.45) is 0 Å². The van der Waals surface area contributed by atoms with Gasteiger partial charge in [-0.05, 0) is 36.2 Å². The number of benzene rings is 2. The van der Waals surface area contributed by atoms with Crippen molar-refractivity contribution in [2.45, 2.75) is 19.4 Å². The number of aromatic nitrogens is 2. The van der Waals surface area contributed by atoms with Crippen molar-refractivity contribution in [3.05, 3.63) is 59.7 Å². The van der Waals surface area contributed by atoms with Crippen LogP contribution in [0.5, 0.6) is 5.75 Å². The number of fused-ring (bicyclic) bond motifs is 1. The Hall–Kier alpha value is -2.40. The van der Waals surface area contributed by atoms with E-state index in [0.29, 0.717) is 17.9 Å². The zero-order valence-corrected chi connectivity index (χ0v) is 13.2. The molecule has 1 unspecified atom stereocenters. The number of nitrogens with one attached hydrogen (secondary N) is 1. The van der Waals surface area contributed by atoms with Gasteiger partial charge in [-0.3, -0.25) is 0 Å². The Morgan fingerprint density at radius 3 is 2.65 bits per heavy atom. The van der Waals surface area contributed by atoms with Crippen LogP contribution < -0.4 is 4.74 Å². The van der Waals surface area contributed by atoms with Crippen LogP contribution in [0.25, 0.3) is 11.0 Å². The molecule has 23 heavy (non-hydrogen) atoms. The van der Waals surface area contributed by atoms with Gasteiger partial charge in [0.1, 0.15) is 23.5 Å². The number of ether oxygens (including phenoxy) is 2. The fourth-order valence-electron chi connectivity index (χ4n) is 2.47. The highest BCUT2D eigenvalue weighted by molar-refractivity contribution is 5.75. The molecule has 0 amide bonds. The average Bonchev–Trinajstić information content (AvgIpc) is 2.98. The molecule has 0 saturated heterocycles. The van der Waals surface area contributed by atoms with Crippen molar-refractivity contribution < 1.29 is 13.9 Å². The Morgan fingerprint density at radius 2 is 1.96 bits per heavy atom. The van der Waals surface area contributed by atoms with Crippen molar-refractivity contribution in [3.8, 4) is 5.75 Å². The normalized spacial score (nSPS) is 12.5. The van der Waals surface area contributed by atoms with Gasteiger partial charge in [-0.2, -0.15) is 0 Å². The van der Waals surface area contributed by atoms with Crippen LogP contribution in [-0.4, -0.2) is 23.7 Å². The largest absolute Gasteiger partial charge is 0.497 e. The van der Waals surface area contributed by atoms with E-state index >= 15 is 0 Å². The summed E-state index contributed by atoms with van der Waals surface area (Å²) in [5, 5.41) is 0. The van der Waals surface area contributed by atoms with Crippen molar-refractivity contribution >= 4 is 11.0 Å². The summed E-state index contributed by atoms with van der Waals surface area (Å²) in [6, 6.07) is 12.2. The van der Waals surface area contributed by atoms with Crippen LogP contribution in [-0.2, 0) is 4.74 Å². The van der Waals surface area contributed by atoms with Crippen LogP contribution in [0.4, 0.5) is 4.39 Å². The fraction of sp³-hybridized carbons (Fsp3) is 0.278. The first-order chi connectivity index (χ1) is 11.2. The van der Waals surface area contributed by atoms with Gasteiger partial charge < -0.3 is 14.5 Å². The standard InChI is InChI=1S/C18H19FN2O2/c1-3-10-23-17(12-4-7-14(22-2)8-5-12)18-20-15-9-6-13(19)11-16(15)21-18/h4-9,11,17H,3,10H2,1-2H3,(H,20,21). The van der Waals surface area contributed by atoms with Crippen LogP contribution in [0.1, 0.15) is 30.8 Å². The molecule has 0 fully saturated rings. The van der Waals surface area contributed by atoms with Crippen molar-refractivity contribution in [1.82, 2.24) is 9.97 Å². The molecule has 0 bridgehead atoms. The third kappa shape index (κ3) is 3.35. The summed E-state index contributed by atoms with van der Waals surface area (Å²) in [6.07, 6.45) is 0.581. The molecule has 0 aliphatic rings. The Morgan fingerprint density at radius 1 is 1.17 bits per heavy atom. The highest BCUT2D eigenvalue weighted by Crippen LogP contribution is 2.27. The smallest absolute Gasteiger partial charge is 0.141 e. The van der Waals surface area contributed by atoms with Crippen LogP contribution in [0, 0.1) is 5.82 Å². The van der Waals surface area contributed by atoms with Gasteiger partial charge in [0, 0.05) is 12.7 Å². The Kier molecular flexibility index (Phi) is 4.57. The Balaban J connectivity index is 1.98. The first kappa shape index (κ1) is 15.5. The number of methoxy groups -OCH3 is 1. The zero-order valence-electron chi connectivity index (χ0n) is 13.2. The number of H-pyrrole nitrogens is 1. The number of hydrogen-bond donors (Lipinski definition) is 1. The number of nitrogens with zero attached hydrogens (tertiary/aromatic N) is 1. The first-order valence-electron chi connectivity index (χ1n) is 7.62. The maximum Gasteiger partial charge on any atom is 0.141 e. The molecule has 1 atom stereocenters.